The fourth-order valence-corrected chi connectivity index (χ4v) is 5.88. The SMILES string of the molecule is Cc1cc2c(-c3nc(N4CCOCC4C)cc(C4(C)CCCS4)n3)cc(Cl)nc2[nH]1. The van der Waals surface area contributed by atoms with Gasteiger partial charge < -0.3 is 14.6 Å². The number of aromatic amines is 1. The molecule has 0 amide bonds. The topological polar surface area (TPSA) is 66.9 Å². The number of halogens is 1. The summed E-state index contributed by atoms with van der Waals surface area (Å²) in [7, 11) is 0. The average molecular weight is 444 g/mol. The van der Waals surface area contributed by atoms with Crippen molar-refractivity contribution in [2.24, 2.45) is 0 Å². The number of fused-ring (bicyclic) bond motifs is 1. The van der Waals surface area contributed by atoms with Crippen LogP contribution >= 0.6 is 23.4 Å². The zero-order valence-electron chi connectivity index (χ0n) is 17.5. The second-order valence-corrected chi connectivity index (χ2v) is 10.4. The first kappa shape index (κ1) is 20.1. The quantitative estimate of drug-likeness (QED) is 0.578. The maximum Gasteiger partial charge on any atom is 0.162 e. The summed E-state index contributed by atoms with van der Waals surface area (Å²) in [6.45, 7) is 8.77. The standard InChI is InChI=1S/C22H26ClN5OS/c1-13-9-15-16(10-18(23)26-20(15)24-13)21-25-17(22(3)5-4-8-30-22)11-19(27-21)28-6-7-29-12-14(28)2/h9-11,14H,4-8,12H2,1-3H3,(H,24,26). The molecule has 0 spiro atoms. The number of thioether (sulfide) groups is 1. The fraction of sp³-hybridized carbons (Fsp3) is 0.500. The highest BCUT2D eigenvalue weighted by Gasteiger charge is 2.35. The Morgan fingerprint density at radius 2 is 2.13 bits per heavy atom. The molecule has 158 valence electrons. The number of ether oxygens (including phenoxy) is 1. The third kappa shape index (κ3) is 3.57. The van der Waals surface area contributed by atoms with E-state index in [1.165, 1.54) is 12.2 Å². The Hall–Kier alpha value is -1.83. The molecule has 2 saturated heterocycles. The van der Waals surface area contributed by atoms with Crippen molar-refractivity contribution < 1.29 is 4.74 Å². The van der Waals surface area contributed by atoms with E-state index in [1.807, 2.05) is 24.8 Å². The van der Waals surface area contributed by atoms with Gasteiger partial charge in [0.15, 0.2) is 5.82 Å². The first-order valence-electron chi connectivity index (χ1n) is 10.5. The van der Waals surface area contributed by atoms with Gasteiger partial charge in [-0.05, 0) is 51.5 Å². The van der Waals surface area contributed by atoms with E-state index in [-0.39, 0.29) is 10.8 Å². The summed E-state index contributed by atoms with van der Waals surface area (Å²) in [5.41, 5.74) is 3.83. The van der Waals surface area contributed by atoms with Crippen molar-refractivity contribution in [1.29, 1.82) is 0 Å². The van der Waals surface area contributed by atoms with Gasteiger partial charge in [-0.2, -0.15) is 0 Å². The highest BCUT2D eigenvalue weighted by atomic mass is 35.5. The minimum Gasteiger partial charge on any atom is -0.377 e. The van der Waals surface area contributed by atoms with E-state index in [9.17, 15) is 0 Å². The van der Waals surface area contributed by atoms with E-state index in [4.69, 9.17) is 26.3 Å². The van der Waals surface area contributed by atoms with E-state index in [2.05, 4.69) is 40.8 Å². The van der Waals surface area contributed by atoms with Gasteiger partial charge in [-0.25, -0.2) is 15.0 Å². The highest BCUT2D eigenvalue weighted by Crippen LogP contribution is 2.46. The van der Waals surface area contributed by atoms with Gasteiger partial charge in [0, 0.05) is 29.3 Å². The normalized spacial score (nSPS) is 24.7. The summed E-state index contributed by atoms with van der Waals surface area (Å²) < 4.78 is 5.66. The molecule has 2 aliphatic heterocycles. The minimum absolute atomic E-state index is 0.00592. The second-order valence-electron chi connectivity index (χ2n) is 8.44. The molecule has 0 bridgehead atoms. The van der Waals surface area contributed by atoms with Crippen LogP contribution in [0, 0.1) is 6.92 Å². The number of morpholine rings is 1. The van der Waals surface area contributed by atoms with E-state index in [0.717, 1.165) is 46.8 Å². The Balaban J connectivity index is 1.71. The minimum atomic E-state index is 0.00592. The molecular weight excluding hydrogens is 418 g/mol. The Morgan fingerprint density at radius 3 is 2.90 bits per heavy atom. The fourth-order valence-electron chi connectivity index (χ4n) is 4.41. The van der Waals surface area contributed by atoms with Crippen LogP contribution in [0.25, 0.3) is 22.4 Å². The van der Waals surface area contributed by atoms with E-state index in [0.29, 0.717) is 24.2 Å². The number of anilines is 1. The number of hydrogen-bond acceptors (Lipinski definition) is 6. The number of nitrogens with one attached hydrogen (secondary N) is 1. The number of nitrogens with zero attached hydrogens (tertiary/aromatic N) is 4. The number of aryl methyl sites for hydroxylation is 1. The lowest BCUT2D eigenvalue weighted by molar-refractivity contribution is 0.0985. The van der Waals surface area contributed by atoms with Crippen molar-refractivity contribution in [2.45, 2.75) is 44.4 Å². The van der Waals surface area contributed by atoms with Gasteiger partial charge in [0.05, 0.1) is 29.7 Å². The van der Waals surface area contributed by atoms with Gasteiger partial charge in [0.1, 0.15) is 16.6 Å². The Bertz CT molecular complexity index is 1090. The van der Waals surface area contributed by atoms with Crippen LogP contribution in [0.15, 0.2) is 18.2 Å². The third-order valence-corrected chi connectivity index (χ3v) is 7.82. The second kappa shape index (κ2) is 7.70. The molecular formula is C22H26ClN5OS. The van der Waals surface area contributed by atoms with E-state index < -0.39 is 0 Å². The lowest BCUT2D eigenvalue weighted by Crippen LogP contribution is -2.44. The van der Waals surface area contributed by atoms with Crippen molar-refractivity contribution in [3.8, 4) is 11.4 Å². The molecule has 1 N–H and O–H groups in total. The van der Waals surface area contributed by atoms with Gasteiger partial charge >= 0.3 is 0 Å². The van der Waals surface area contributed by atoms with Crippen molar-refractivity contribution in [1.82, 2.24) is 19.9 Å². The van der Waals surface area contributed by atoms with Crippen LogP contribution in [0.5, 0.6) is 0 Å². The molecule has 2 fully saturated rings. The Morgan fingerprint density at radius 1 is 1.27 bits per heavy atom. The summed E-state index contributed by atoms with van der Waals surface area (Å²) in [5, 5.41) is 1.44. The summed E-state index contributed by atoms with van der Waals surface area (Å²) in [6.07, 6.45) is 2.34. The maximum atomic E-state index is 6.37. The number of aromatic nitrogens is 4. The molecule has 2 unspecified atom stereocenters. The molecule has 5 heterocycles. The smallest absolute Gasteiger partial charge is 0.162 e. The molecule has 3 aromatic heterocycles. The Kier molecular flexibility index (Phi) is 5.16. The van der Waals surface area contributed by atoms with E-state index in [1.54, 1.807) is 0 Å². The first-order chi connectivity index (χ1) is 14.4. The van der Waals surface area contributed by atoms with Gasteiger partial charge in [-0.3, -0.25) is 0 Å². The molecule has 2 aliphatic rings. The number of pyridine rings is 1. The zero-order valence-corrected chi connectivity index (χ0v) is 19.1. The summed E-state index contributed by atoms with van der Waals surface area (Å²) >= 11 is 8.36. The number of hydrogen-bond donors (Lipinski definition) is 1. The number of H-pyrrole nitrogens is 1. The average Bonchev–Trinajstić information content (AvgIpc) is 3.33. The van der Waals surface area contributed by atoms with Crippen LogP contribution < -0.4 is 4.90 Å². The van der Waals surface area contributed by atoms with Crippen LogP contribution in [0.4, 0.5) is 5.82 Å². The third-order valence-electron chi connectivity index (χ3n) is 6.08. The van der Waals surface area contributed by atoms with Gasteiger partial charge in [-0.1, -0.05) is 11.6 Å². The zero-order chi connectivity index (χ0) is 20.9. The number of rotatable bonds is 3. The van der Waals surface area contributed by atoms with Crippen LogP contribution in [0.3, 0.4) is 0 Å². The molecule has 0 saturated carbocycles. The molecule has 6 nitrogen and oxygen atoms in total. The van der Waals surface area contributed by atoms with Crippen LogP contribution in [-0.4, -0.2) is 51.5 Å². The molecule has 2 atom stereocenters. The molecule has 0 aromatic carbocycles. The molecule has 0 aliphatic carbocycles. The largest absolute Gasteiger partial charge is 0.377 e. The highest BCUT2D eigenvalue weighted by molar-refractivity contribution is 8.00. The monoisotopic (exact) mass is 443 g/mol. The lowest BCUT2D eigenvalue weighted by Gasteiger charge is -2.35. The molecule has 8 heteroatoms. The van der Waals surface area contributed by atoms with Crippen LogP contribution in [0.1, 0.15) is 38.1 Å². The van der Waals surface area contributed by atoms with Crippen molar-refractivity contribution in [2.75, 3.05) is 30.4 Å². The summed E-state index contributed by atoms with van der Waals surface area (Å²) in [6, 6.07) is 6.43. The van der Waals surface area contributed by atoms with Crippen molar-refractivity contribution in [3.05, 3.63) is 34.7 Å². The molecule has 30 heavy (non-hydrogen) atoms. The maximum absolute atomic E-state index is 6.37. The van der Waals surface area contributed by atoms with Crippen LogP contribution in [0.2, 0.25) is 5.15 Å². The molecule has 5 rings (SSSR count). The lowest BCUT2D eigenvalue weighted by atomic mass is 10.0. The molecule has 0 radical (unpaired) electrons. The summed E-state index contributed by atoms with van der Waals surface area (Å²) in [4.78, 5) is 20.2. The van der Waals surface area contributed by atoms with Crippen LogP contribution in [-0.2, 0) is 9.48 Å². The first-order valence-corrected chi connectivity index (χ1v) is 11.8. The summed E-state index contributed by atoms with van der Waals surface area (Å²) in [5.74, 6) is 2.85. The van der Waals surface area contributed by atoms with Gasteiger partial charge in [0.25, 0.3) is 0 Å². The van der Waals surface area contributed by atoms with E-state index >= 15 is 0 Å². The van der Waals surface area contributed by atoms with Crippen molar-refractivity contribution in [3.63, 3.8) is 0 Å². The predicted octanol–water partition coefficient (Wildman–Crippen LogP) is 4.95. The van der Waals surface area contributed by atoms with Crippen molar-refractivity contribution >= 4 is 40.2 Å². The van der Waals surface area contributed by atoms with Gasteiger partial charge in [0.2, 0.25) is 0 Å². The molecule has 3 aromatic rings. The predicted molar refractivity (Wildman–Crippen MR) is 124 cm³/mol. The Labute approximate surface area is 185 Å². The van der Waals surface area contributed by atoms with Gasteiger partial charge in [-0.15, -0.1) is 11.8 Å².